The first kappa shape index (κ1) is 30.5. The lowest BCUT2D eigenvalue weighted by atomic mass is 10.0. The fraction of sp³-hybridized carbons (Fsp3) is 0.167. The molecule has 1 aliphatic heterocycles. The molecule has 0 spiro atoms. The highest BCUT2D eigenvalue weighted by molar-refractivity contribution is 9.10. The first-order valence-electron chi connectivity index (χ1n) is 13.0. The van der Waals surface area contributed by atoms with E-state index >= 15 is 0 Å². The molecule has 4 aromatic rings. The van der Waals surface area contributed by atoms with E-state index < -0.39 is 26.0 Å². The SMILES string of the molecule is COc1ccc(NS(=O)(=O)c2cc(NC(=O)c3cccc(S(=O)(=O)N4CCc5ccccc5C4)c3)ccc2OC)cc1Br. The minimum Gasteiger partial charge on any atom is -0.496 e. The van der Waals surface area contributed by atoms with E-state index in [1.807, 2.05) is 24.3 Å². The van der Waals surface area contributed by atoms with E-state index in [-0.39, 0.29) is 39.0 Å². The van der Waals surface area contributed by atoms with Crippen molar-refractivity contribution in [3.05, 3.63) is 106 Å². The maximum atomic E-state index is 13.5. The van der Waals surface area contributed by atoms with Crippen LogP contribution < -0.4 is 19.5 Å². The quantitative estimate of drug-likeness (QED) is 0.246. The number of amides is 1. The van der Waals surface area contributed by atoms with Crippen molar-refractivity contribution in [2.75, 3.05) is 30.8 Å². The molecule has 2 N–H and O–H groups in total. The highest BCUT2D eigenvalue weighted by Gasteiger charge is 2.29. The monoisotopic (exact) mass is 685 g/mol. The first-order chi connectivity index (χ1) is 20.5. The number of methoxy groups -OCH3 is 2. The van der Waals surface area contributed by atoms with Gasteiger partial charge in [0.25, 0.3) is 15.9 Å². The highest BCUT2D eigenvalue weighted by Crippen LogP contribution is 2.32. The van der Waals surface area contributed by atoms with Crippen molar-refractivity contribution in [3.8, 4) is 11.5 Å². The molecule has 0 fully saturated rings. The van der Waals surface area contributed by atoms with E-state index in [2.05, 4.69) is 26.0 Å². The summed E-state index contributed by atoms with van der Waals surface area (Å²) in [6, 6.07) is 22.4. The van der Waals surface area contributed by atoms with Crippen molar-refractivity contribution in [2.45, 2.75) is 22.8 Å². The van der Waals surface area contributed by atoms with Crippen LogP contribution in [0.2, 0.25) is 0 Å². The number of nitrogens with zero attached hydrogens (tertiary/aromatic N) is 1. The summed E-state index contributed by atoms with van der Waals surface area (Å²) in [6.07, 6.45) is 0.600. The van der Waals surface area contributed by atoms with Gasteiger partial charge in [-0.3, -0.25) is 9.52 Å². The molecule has 0 saturated carbocycles. The van der Waals surface area contributed by atoms with Gasteiger partial charge in [-0.05, 0) is 88.1 Å². The molecule has 0 radical (unpaired) electrons. The van der Waals surface area contributed by atoms with E-state index in [0.29, 0.717) is 23.2 Å². The van der Waals surface area contributed by atoms with Crippen molar-refractivity contribution < 1.29 is 31.1 Å². The molecular formula is C30H28BrN3O7S2. The molecular weight excluding hydrogens is 658 g/mol. The summed E-state index contributed by atoms with van der Waals surface area (Å²) in [6.45, 7) is 0.583. The van der Waals surface area contributed by atoms with Gasteiger partial charge < -0.3 is 14.8 Å². The maximum absolute atomic E-state index is 13.5. The lowest BCUT2D eigenvalue weighted by Gasteiger charge is -2.28. The second kappa shape index (κ2) is 12.4. The van der Waals surface area contributed by atoms with Crippen molar-refractivity contribution in [2.24, 2.45) is 0 Å². The number of ether oxygens (including phenoxy) is 2. The fourth-order valence-corrected chi connectivity index (χ4v) is 7.98. The normalized spacial score (nSPS) is 13.6. The predicted molar refractivity (Wildman–Crippen MR) is 167 cm³/mol. The molecule has 10 nitrogen and oxygen atoms in total. The number of hydrogen-bond donors (Lipinski definition) is 2. The number of nitrogens with one attached hydrogen (secondary N) is 2. The molecule has 0 aromatic heterocycles. The number of anilines is 2. The molecule has 0 aliphatic carbocycles. The zero-order chi connectivity index (χ0) is 30.8. The van der Waals surface area contributed by atoms with Crippen molar-refractivity contribution in [3.63, 3.8) is 0 Å². The standard InChI is InChI=1S/C30H28BrN3O7S2/c1-40-27-12-11-24(17-26(27)31)33-42(36,37)29-18-23(10-13-28(29)41-2)32-30(35)21-8-5-9-25(16-21)43(38,39)34-15-14-20-6-3-4-7-22(20)19-34/h3-13,16-18,33H,14-15,19H2,1-2H3,(H,32,35). The summed E-state index contributed by atoms with van der Waals surface area (Å²) < 4.78 is 68.5. The van der Waals surface area contributed by atoms with E-state index in [1.165, 1.54) is 61.0 Å². The van der Waals surface area contributed by atoms with E-state index in [1.54, 1.807) is 18.2 Å². The second-order valence-electron chi connectivity index (χ2n) is 9.66. The number of rotatable bonds is 9. The predicted octanol–water partition coefficient (Wildman–Crippen LogP) is 5.27. The molecule has 1 aliphatic rings. The van der Waals surface area contributed by atoms with Crippen molar-refractivity contribution >= 4 is 53.3 Å². The number of sulfonamides is 2. The third-order valence-electron chi connectivity index (χ3n) is 6.94. The van der Waals surface area contributed by atoms with Gasteiger partial charge in [-0.15, -0.1) is 0 Å². The third-order valence-corrected chi connectivity index (χ3v) is 10.8. The van der Waals surface area contributed by atoms with Gasteiger partial charge in [0, 0.05) is 24.3 Å². The third kappa shape index (κ3) is 6.54. The van der Waals surface area contributed by atoms with Crippen LogP contribution in [-0.2, 0) is 33.0 Å². The Bertz CT molecular complexity index is 1910. The Hall–Kier alpha value is -3.91. The van der Waals surface area contributed by atoms with Crippen LogP contribution in [0.1, 0.15) is 21.5 Å². The number of hydrogen-bond acceptors (Lipinski definition) is 7. The minimum absolute atomic E-state index is 0.00705. The molecule has 0 atom stereocenters. The summed E-state index contributed by atoms with van der Waals surface area (Å²) in [5.41, 5.74) is 2.61. The van der Waals surface area contributed by atoms with Gasteiger partial charge >= 0.3 is 0 Å². The Balaban J connectivity index is 1.36. The molecule has 224 valence electrons. The molecule has 5 rings (SSSR count). The first-order valence-corrected chi connectivity index (χ1v) is 16.8. The van der Waals surface area contributed by atoms with Gasteiger partial charge in [-0.25, -0.2) is 16.8 Å². The van der Waals surface area contributed by atoms with Crippen LogP contribution in [0.5, 0.6) is 11.5 Å². The number of fused-ring (bicyclic) bond motifs is 1. The lowest BCUT2D eigenvalue weighted by Crippen LogP contribution is -2.36. The molecule has 4 aromatic carbocycles. The molecule has 1 heterocycles. The Morgan fingerprint density at radius 3 is 2.23 bits per heavy atom. The van der Waals surface area contributed by atoms with Crippen LogP contribution in [0.25, 0.3) is 0 Å². The number of carbonyl (C=O) groups is 1. The Kier molecular flexibility index (Phi) is 8.79. The van der Waals surface area contributed by atoms with Crippen molar-refractivity contribution in [1.82, 2.24) is 4.31 Å². The topological polar surface area (TPSA) is 131 Å². The molecule has 0 saturated heterocycles. The largest absolute Gasteiger partial charge is 0.496 e. The van der Waals surface area contributed by atoms with Crippen LogP contribution in [0.4, 0.5) is 11.4 Å². The minimum atomic E-state index is -4.15. The van der Waals surface area contributed by atoms with Crippen LogP contribution in [0.15, 0.2) is 99.2 Å². The van der Waals surface area contributed by atoms with Gasteiger partial charge in [-0.2, -0.15) is 4.31 Å². The lowest BCUT2D eigenvalue weighted by molar-refractivity contribution is 0.102. The highest BCUT2D eigenvalue weighted by atomic mass is 79.9. The average Bonchev–Trinajstić information content (AvgIpc) is 3.00. The smallest absolute Gasteiger partial charge is 0.265 e. The number of carbonyl (C=O) groups excluding carboxylic acids is 1. The number of halogens is 1. The molecule has 13 heteroatoms. The van der Waals surface area contributed by atoms with Crippen LogP contribution in [0.3, 0.4) is 0 Å². The summed E-state index contributed by atoms with van der Waals surface area (Å²) in [5.74, 6) is -0.0146. The van der Waals surface area contributed by atoms with Crippen LogP contribution in [0, 0.1) is 0 Å². The van der Waals surface area contributed by atoms with E-state index in [0.717, 1.165) is 11.1 Å². The molecule has 43 heavy (non-hydrogen) atoms. The van der Waals surface area contributed by atoms with E-state index in [9.17, 15) is 21.6 Å². The van der Waals surface area contributed by atoms with Crippen molar-refractivity contribution in [1.29, 1.82) is 0 Å². The molecule has 0 unspecified atom stereocenters. The second-order valence-corrected chi connectivity index (χ2v) is 14.1. The summed E-state index contributed by atoms with van der Waals surface area (Å²) in [7, 11) is -5.18. The fourth-order valence-electron chi connectivity index (χ4n) is 4.73. The average molecular weight is 687 g/mol. The summed E-state index contributed by atoms with van der Waals surface area (Å²) in [5, 5.41) is 2.66. The van der Waals surface area contributed by atoms with Gasteiger partial charge in [-0.1, -0.05) is 30.3 Å². The van der Waals surface area contributed by atoms with Crippen LogP contribution in [-0.4, -0.2) is 47.8 Å². The van der Waals surface area contributed by atoms with Gasteiger partial charge in [0.2, 0.25) is 10.0 Å². The van der Waals surface area contributed by atoms with Gasteiger partial charge in [0.15, 0.2) is 0 Å². The zero-order valence-electron chi connectivity index (χ0n) is 23.2. The number of benzene rings is 4. The molecule has 1 amide bonds. The zero-order valence-corrected chi connectivity index (χ0v) is 26.4. The summed E-state index contributed by atoms with van der Waals surface area (Å²) >= 11 is 3.33. The van der Waals surface area contributed by atoms with Crippen LogP contribution >= 0.6 is 15.9 Å². The van der Waals surface area contributed by atoms with E-state index in [4.69, 9.17) is 9.47 Å². The van der Waals surface area contributed by atoms with Gasteiger partial charge in [0.1, 0.15) is 16.4 Å². The van der Waals surface area contributed by atoms with Gasteiger partial charge in [0.05, 0.1) is 29.3 Å². The summed E-state index contributed by atoms with van der Waals surface area (Å²) in [4.78, 5) is 13.0. The Morgan fingerprint density at radius 1 is 0.814 bits per heavy atom. The molecule has 0 bridgehead atoms. The Labute approximate surface area is 258 Å². The maximum Gasteiger partial charge on any atom is 0.265 e. The Morgan fingerprint density at radius 2 is 1.51 bits per heavy atom.